The van der Waals surface area contributed by atoms with E-state index in [-0.39, 0.29) is 0 Å². The molecule has 0 amide bonds. The van der Waals surface area contributed by atoms with E-state index in [1.165, 1.54) is 0 Å². The topological polar surface area (TPSA) is 24.4 Å². The average Bonchev–Trinajstić information content (AvgIpc) is 1.97. The Morgan fingerprint density at radius 2 is 2.17 bits per heavy atom. The highest BCUT2D eigenvalue weighted by Gasteiger charge is 1.93. The lowest BCUT2D eigenvalue weighted by Crippen LogP contribution is -2.19. The van der Waals surface area contributed by atoms with Gasteiger partial charge in [-0.25, -0.2) is 0 Å². The number of rotatable bonds is 4. The maximum Gasteiger partial charge on any atom is 0.124 e. The van der Waals surface area contributed by atoms with E-state index >= 15 is 0 Å². The summed E-state index contributed by atoms with van der Waals surface area (Å²) in [7, 11) is 0. The lowest BCUT2D eigenvalue weighted by atomic mass is 10.2. The summed E-state index contributed by atoms with van der Waals surface area (Å²) in [6, 6.07) is 0. The van der Waals surface area contributed by atoms with Crippen LogP contribution in [0, 0.1) is 5.92 Å². The number of hydrogen-bond acceptors (Lipinski definition) is 1. The lowest BCUT2D eigenvalue weighted by Gasteiger charge is -2.05. The molecule has 2 heteroatoms. The summed E-state index contributed by atoms with van der Waals surface area (Å²) in [4.78, 5) is 4.31. The predicted molar refractivity (Wildman–Crippen MR) is 55.3 cm³/mol. The van der Waals surface area contributed by atoms with Gasteiger partial charge >= 0.3 is 0 Å². The van der Waals surface area contributed by atoms with E-state index in [1.807, 2.05) is 6.92 Å². The number of nitrogens with one attached hydrogen (secondary N) is 1. The largest absolute Gasteiger partial charge is 0.345 e. The molecular weight excluding hydrogens is 148 g/mol. The number of aliphatic imine (C=N–C) groups is 1. The smallest absolute Gasteiger partial charge is 0.124 e. The zero-order chi connectivity index (χ0) is 9.56. The van der Waals surface area contributed by atoms with Crippen molar-refractivity contribution in [2.75, 3.05) is 6.54 Å². The Morgan fingerprint density at radius 1 is 1.58 bits per heavy atom. The van der Waals surface area contributed by atoms with Crippen molar-refractivity contribution in [2.45, 2.75) is 20.8 Å². The Bertz CT molecular complexity index is 190. The van der Waals surface area contributed by atoms with Gasteiger partial charge in [0.05, 0.1) is 0 Å². The molecule has 0 heterocycles. The molecule has 0 fully saturated rings. The SMILES string of the molecule is C=CC(=NCC(C)C)NC(=C)C. The molecule has 0 saturated heterocycles. The molecule has 0 spiro atoms. The van der Waals surface area contributed by atoms with Crippen LogP contribution in [0.2, 0.25) is 0 Å². The van der Waals surface area contributed by atoms with Crippen molar-refractivity contribution in [1.29, 1.82) is 0 Å². The first-order valence-corrected chi connectivity index (χ1v) is 4.15. The Hall–Kier alpha value is -1.05. The molecule has 0 bridgehead atoms. The maximum atomic E-state index is 4.31. The highest BCUT2D eigenvalue weighted by molar-refractivity contribution is 5.93. The van der Waals surface area contributed by atoms with Crippen molar-refractivity contribution < 1.29 is 0 Å². The Balaban J connectivity index is 4.04. The molecule has 0 aromatic carbocycles. The summed E-state index contributed by atoms with van der Waals surface area (Å²) in [5, 5.41) is 3.02. The normalized spacial score (nSPS) is 11.5. The van der Waals surface area contributed by atoms with E-state index in [1.54, 1.807) is 6.08 Å². The molecule has 0 rings (SSSR count). The third-order valence-electron chi connectivity index (χ3n) is 1.16. The van der Waals surface area contributed by atoms with Gasteiger partial charge in [0.15, 0.2) is 0 Å². The van der Waals surface area contributed by atoms with E-state index in [2.05, 4.69) is 37.3 Å². The van der Waals surface area contributed by atoms with Gasteiger partial charge in [0.2, 0.25) is 0 Å². The zero-order valence-electron chi connectivity index (χ0n) is 8.22. The van der Waals surface area contributed by atoms with Crippen molar-refractivity contribution in [1.82, 2.24) is 5.32 Å². The summed E-state index contributed by atoms with van der Waals surface area (Å²) >= 11 is 0. The molecule has 0 saturated carbocycles. The van der Waals surface area contributed by atoms with Gasteiger partial charge in [-0.15, -0.1) is 0 Å². The minimum atomic E-state index is 0.576. The van der Waals surface area contributed by atoms with Crippen LogP contribution in [-0.4, -0.2) is 12.4 Å². The van der Waals surface area contributed by atoms with Crippen molar-refractivity contribution in [2.24, 2.45) is 10.9 Å². The fraction of sp³-hybridized carbons (Fsp3) is 0.500. The van der Waals surface area contributed by atoms with Gasteiger partial charge in [-0.3, -0.25) is 4.99 Å². The summed E-state index contributed by atoms with van der Waals surface area (Å²) in [6.45, 7) is 14.4. The highest BCUT2D eigenvalue weighted by Crippen LogP contribution is 1.93. The maximum absolute atomic E-state index is 4.31. The van der Waals surface area contributed by atoms with Crippen LogP contribution >= 0.6 is 0 Å². The molecule has 0 aromatic rings. The van der Waals surface area contributed by atoms with E-state index in [0.29, 0.717) is 5.92 Å². The third kappa shape index (κ3) is 5.71. The number of allylic oxidation sites excluding steroid dienone is 1. The quantitative estimate of drug-likeness (QED) is 0.503. The minimum absolute atomic E-state index is 0.576. The van der Waals surface area contributed by atoms with Crippen LogP contribution in [0.1, 0.15) is 20.8 Å². The van der Waals surface area contributed by atoms with Crippen molar-refractivity contribution >= 4 is 5.84 Å². The molecule has 2 nitrogen and oxygen atoms in total. The fourth-order valence-corrected chi connectivity index (χ4v) is 0.655. The Morgan fingerprint density at radius 3 is 2.50 bits per heavy atom. The van der Waals surface area contributed by atoms with Crippen molar-refractivity contribution in [3.05, 3.63) is 24.9 Å². The van der Waals surface area contributed by atoms with Crippen LogP contribution in [0.25, 0.3) is 0 Å². The molecule has 0 unspecified atom stereocenters. The molecule has 0 aromatic heterocycles. The van der Waals surface area contributed by atoms with Gasteiger partial charge in [-0.05, 0) is 18.9 Å². The molecule has 1 N–H and O–H groups in total. The lowest BCUT2D eigenvalue weighted by molar-refractivity contribution is 0.664. The van der Waals surface area contributed by atoms with Crippen LogP contribution in [0.3, 0.4) is 0 Å². The molecular formula is C10H18N2. The minimum Gasteiger partial charge on any atom is -0.345 e. The van der Waals surface area contributed by atoms with Gasteiger partial charge in [-0.1, -0.05) is 27.0 Å². The van der Waals surface area contributed by atoms with Gasteiger partial charge in [0.25, 0.3) is 0 Å². The first-order valence-electron chi connectivity index (χ1n) is 4.15. The molecule has 0 aliphatic heterocycles. The summed E-state index contributed by atoms with van der Waals surface area (Å²) in [5.74, 6) is 1.38. The second-order valence-corrected chi connectivity index (χ2v) is 3.23. The van der Waals surface area contributed by atoms with Crippen LogP contribution in [0.5, 0.6) is 0 Å². The monoisotopic (exact) mass is 166 g/mol. The molecule has 0 radical (unpaired) electrons. The van der Waals surface area contributed by atoms with Crippen LogP contribution < -0.4 is 5.32 Å². The van der Waals surface area contributed by atoms with Gasteiger partial charge < -0.3 is 5.32 Å². The fourth-order valence-electron chi connectivity index (χ4n) is 0.655. The van der Waals surface area contributed by atoms with E-state index in [4.69, 9.17) is 0 Å². The van der Waals surface area contributed by atoms with Crippen LogP contribution in [0.15, 0.2) is 29.9 Å². The molecule has 12 heavy (non-hydrogen) atoms. The molecule has 0 aliphatic carbocycles. The highest BCUT2D eigenvalue weighted by atomic mass is 15.0. The second-order valence-electron chi connectivity index (χ2n) is 3.23. The summed E-state index contributed by atoms with van der Waals surface area (Å²) < 4.78 is 0. The Kier molecular flexibility index (Phi) is 5.09. The second kappa shape index (κ2) is 5.58. The number of amidine groups is 1. The predicted octanol–water partition coefficient (Wildman–Crippen LogP) is 2.35. The summed E-state index contributed by atoms with van der Waals surface area (Å²) in [5.41, 5.74) is 0.886. The third-order valence-corrected chi connectivity index (χ3v) is 1.16. The standard InChI is InChI=1S/C10H18N2/c1-6-10(12-9(4)5)11-7-8(2)3/h6,8H,1,4,7H2,2-3,5H3,(H,11,12). The van der Waals surface area contributed by atoms with Crippen molar-refractivity contribution in [3.63, 3.8) is 0 Å². The average molecular weight is 166 g/mol. The number of nitrogens with zero attached hydrogens (tertiary/aromatic N) is 1. The Labute approximate surface area is 75.1 Å². The van der Waals surface area contributed by atoms with E-state index in [9.17, 15) is 0 Å². The summed E-state index contributed by atoms with van der Waals surface area (Å²) in [6.07, 6.45) is 1.71. The van der Waals surface area contributed by atoms with Gasteiger partial charge in [0.1, 0.15) is 5.84 Å². The van der Waals surface area contributed by atoms with Gasteiger partial charge in [0, 0.05) is 12.2 Å². The molecule has 0 aliphatic rings. The number of hydrogen-bond donors (Lipinski definition) is 1. The molecule has 68 valence electrons. The zero-order valence-corrected chi connectivity index (χ0v) is 8.22. The molecule has 0 atom stereocenters. The first kappa shape index (κ1) is 11.0. The van der Waals surface area contributed by atoms with E-state index in [0.717, 1.165) is 18.1 Å². The van der Waals surface area contributed by atoms with Crippen molar-refractivity contribution in [3.8, 4) is 0 Å². The van der Waals surface area contributed by atoms with E-state index < -0.39 is 0 Å². The van der Waals surface area contributed by atoms with Gasteiger partial charge in [-0.2, -0.15) is 0 Å². The van der Waals surface area contributed by atoms with Crippen LogP contribution in [0.4, 0.5) is 0 Å². The van der Waals surface area contributed by atoms with Crippen LogP contribution in [-0.2, 0) is 0 Å². The first-order chi connectivity index (χ1) is 5.56.